The molecule has 0 aromatic carbocycles. The highest BCUT2D eigenvalue weighted by Crippen LogP contribution is 2.38. The largest absolute Gasteiger partial charge is 0.464 e. The van der Waals surface area contributed by atoms with Crippen molar-refractivity contribution in [3.05, 3.63) is 0 Å². The van der Waals surface area contributed by atoms with Crippen LogP contribution >= 0.6 is 0 Å². The van der Waals surface area contributed by atoms with Crippen molar-refractivity contribution >= 4 is 20.1 Å². The number of alkyl carbamates (subject to hydrolysis) is 1. The Hall–Kier alpha value is -1.88. The van der Waals surface area contributed by atoms with Crippen LogP contribution in [0, 0.1) is 11.5 Å². The molecule has 8 heteroatoms. The van der Waals surface area contributed by atoms with E-state index in [1.165, 1.54) is 0 Å². The van der Waals surface area contributed by atoms with Crippen molar-refractivity contribution in [2.75, 3.05) is 6.61 Å². The fourth-order valence-electron chi connectivity index (χ4n) is 2.30. The first-order valence-corrected chi connectivity index (χ1v) is 13.0. The van der Waals surface area contributed by atoms with Gasteiger partial charge in [0.1, 0.15) is 19.7 Å². The number of carbonyl (C=O) groups excluding carboxylic acids is 2. The van der Waals surface area contributed by atoms with Crippen molar-refractivity contribution in [3.8, 4) is 11.5 Å². The van der Waals surface area contributed by atoms with Gasteiger partial charge in [-0.2, -0.15) is 10.2 Å². The lowest BCUT2D eigenvalue weighted by Gasteiger charge is -2.23. The van der Waals surface area contributed by atoms with E-state index in [1.807, 2.05) is 0 Å². The molecule has 0 bridgehead atoms. The Kier molecular flexibility index (Phi) is 8.02. The van der Waals surface area contributed by atoms with Crippen LogP contribution in [0.3, 0.4) is 0 Å². The van der Waals surface area contributed by atoms with Gasteiger partial charge in [-0.15, -0.1) is 11.5 Å². The first-order chi connectivity index (χ1) is 12.4. The molecule has 0 aromatic rings. The van der Waals surface area contributed by atoms with Crippen LogP contribution in [0.4, 0.5) is 4.79 Å². The zero-order valence-electron chi connectivity index (χ0n) is 17.6. The van der Waals surface area contributed by atoms with Crippen LogP contribution in [0.5, 0.6) is 0 Å². The van der Waals surface area contributed by atoms with E-state index in [1.54, 1.807) is 27.7 Å². The Morgan fingerprint density at radius 2 is 1.81 bits per heavy atom. The third kappa shape index (κ3) is 10.1. The number of nitrogens with zero attached hydrogens (tertiary/aromatic N) is 2. The number of ether oxygens (including phenoxy) is 2. The molecule has 0 radical (unpaired) electrons. The molecule has 1 N–H and O–H groups in total. The van der Waals surface area contributed by atoms with E-state index in [0.717, 1.165) is 12.8 Å². The number of rotatable bonds is 8. The fourth-order valence-corrected chi connectivity index (χ4v) is 2.96. The summed E-state index contributed by atoms with van der Waals surface area (Å²) in [4.78, 5) is 24.2. The number of hydrogen-bond acceptors (Lipinski definition) is 6. The molecule has 0 fully saturated rings. The third-order valence-electron chi connectivity index (χ3n) is 3.59. The molecule has 1 aliphatic rings. The molecule has 0 aliphatic carbocycles. The second kappa shape index (κ2) is 9.35. The first-order valence-electron chi connectivity index (χ1n) is 9.46. The molecule has 0 unspecified atom stereocenters. The zero-order valence-corrected chi connectivity index (χ0v) is 18.6. The maximum absolute atomic E-state index is 12.2. The van der Waals surface area contributed by atoms with Crippen molar-refractivity contribution in [3.63, 3.8) is 0 Å². The van der Waals surface area contributed by atoms with Crippen molar-refractivity contribution in [1.29, 1.82) is 0 Å². The number of nitrogens with one attached hydrogen (secondary N) is 1. The van der Waals surface area contributed by atoms with Gasteiger partial charge in [-0.25, -0.2) is 9.59 Å². The third-order valence-corrected chi connectivity index (χ3v) is 4.52. The summed E-state index contributed by atoms with van der Waals surface area (Å²) in [5.74, 6) is 2.75. The van der Waals surface area contributed by atoms with E-state index >= 15 is 0 Å². The van der Waals surface area contributed by atoms with E-state index in [0.29, 0.717) is 12.8 Å². The standard InChI is InChI=1S/C19H33N3O4Si/c1-8-25-16(23)15(20-17(24)26-18(2,3)4)11-13-19(21-22-19)12-9-10-14-27(5,6)7/h15H,8-9,11-13H2,1-7H3,(H,20,24)/t15-/m0/s1. The number of hydrogen-bond donors (Lipinski definition) is 1. The van der Waals surface area contributed by atoms with Crippen molar-refractivity contribution < 1.29 is 19.1 Å². The summed E-state index contributed by atoms with van der Waals surface area (Å²) >= 11 is 0. The Balaban J connectivity index is 2.58. The van der Waals surface area contributed by atoms with Gasteiger partial charge in [0.25, 0.3) is 0 Å². The van der Waals surface area contributed by atoms with Gasteiger partial charge in [0.05, 0.1) is 6.61 Å². The molecule has 1 atom stereocenters. The summed E-state index contributed by atoms with van der Waals surface area (Å²) < 4.78 is 10.3. The summed E-state index contributed by atoms with van der Waals surface area (Å²) in [6.45, 7) is 13.9. The summed E-state index contributed by atoms with van der Waals surface area (Å²) in [7, 11) is -1.38. The normalized spacial score (nSPS) is 16.0. The van der Waals surface area contributed by atoms with Gasteiger partial charge in [0.2, 0.25) is 0 Å². The predicted octanol–water partition coefficient (Wildman–Crippen LogP) is 4.05. The summed E-state index contributed by atoms with van der Waals surface area (Å²) in [5.41, 5.74) is 2.21. The lowest BCUT2D eigenvalue weighted by molar-refractivity contribution is -0.145. The number of amides is 1. The van der Waals surface area contributed by atoms with Gasteiger partial charge >= 0.3 is 12.1 Å². The van der Waals surface area contributed by atoms with Crippen LogP contribution in [0.1, 0.15) is 53.4 Å². The Labute approximate surface area is 163 Å². The molecule has 1 amide bonds. The average Bonchev–Trinajstić information content (AvgIpc) is 3.26. The van der Waals surface area contributed by atoms with Crippen LogP contribution in [0.25, 0.3) is 0 Å². The maximum Gasteiger partial charge on any atom is 0.408 e. The van der Waals surface area contributed by atoms with Crippen LogP contribution in [0.15, 0.2) is 10.2 Å². The second-order valence-corrected chi connectivity index (χ2v) is 13.5. The fraction of sp³-hybridized carbons (Fsp3) is 0.789. The van der Waals surface area contributed by atoms with Crippen molar-refractivity contribution in [2.24, 2.45) is 10.2 Å². The first kappa shape index (κ1) is 23.2. The molecule has 0 saturated carbocycles. The minimum absolute atomic E-state index is 0.248. The Morgan fingerprint density at radius 3 is 2.30 bits per heavy atom. The smallest absolute Gasteiger partial charge is 0.408 e. The predicted molar refractivity (Wildman–Crippen MR) is 107 cm³/mol. The van der Waals surface area contributed by atoms with Crippen LogP contribution in [-0.2, 0) is 14.3 Å². The van der Waals surface area contributed by atoms with Crippen LogP contribution in [-0.4, -0.2) is 44.0 Å². The van der Waals surface area contributed by atoms with E-state index in [2.05, 4.69) is 46.7 Å². The highest BCUT2D eigenvalue weighted by Gasteiger charge is 2.40. The summed E-state index contributed by atoms with van der Waals surface area (Å²) in [6, 6.07) is -0.782. The molecular weight excluding hydrogens is 362 g/mol. The van der Waals surface area contributed by atoms with Gasteiger partial charge in [-0.3, -0.25) is 0 Å². The van der Waals surface area contributed by atoms with Crippen molar-refractivity contribution in [2.45, 2.75) is 90.3 Å². The molecule has 1 heterocycles. The van der Waals surface area contributed by atoms with Crippen molar-refractivity contribution in [1.82, 2.24) is 5.32 Å². The minimum Gasteiger partial charge on any atom is -0.464 e. The highest BCUT2D eigenvalue weighted by molar-refractivity contribution is 6.83. The Bertz CT molecular complexity index is 618. The summed E-state index contributed by atoms with van der Waals surface area (Å²) in [6.07, 6.45) is 1.75. The SMILES string of the molecule is CCOC(=O)[C@H](CCC1(CCC#C[Si](C)(C)C)N=N1)NC(=O)OC(C)(C)C. The van der Waals surface area contributed by atoms with E-state index < -0.39 is 37.4 Å². The van der Waals surface area contributed by atoms with Gasteiger partial charge in [-0.1, -0.05) is 19.6 Å². The monoisotopic (exact) mass is 395 g/mol. The highest BCUT2D eigenvalue weighted by atomic mass is 28.3. The minimum atomic E-state index is -1.38. The lowest BCUT2D eigenvalue weighted by Crippen LogP contribution is -2.44. The molecule has 1 rings (SSSR count). The van der Waals surface area contributed by atoms with Crippen LogP contribution < -0.4 is 5.32 Å². The molecule has 7 nitrogen and oxygen atoms in total. The van der Waals surface area contributed by atoms with Gasteiger partial charge in [0, 0.05) is 12.8 Å². The molecule has 0 spiro atoms. The Morgan fingerprint density at radius 1 is 1.19 bits per heavy atom. The zero-order chi connectivity index (χ0) is 20.7. The molecule has 0 aromatic heterocycles. The number of carbonyl (C=O) groups is 2. The van der Waals surface area contributed by atoms with E-state index in [-0.39, 0.29) is 6.61 Å². The topological polar surface area (TPSA) is 89.4 Å². The van der Waals surface area contributed by atoms with E-state index in [4.69, 9.17) is 9.47 Å². The molecule has 27 heavy (non-hydrogen) atoms. The average molecular weight is 396 g/mol. The lowest BCUT2D eigenvalue weighted by atomic mass is 9.99. The van der Waals surface area contributed by atoms with E-state index in [9.17, 15) is 9.59 Å². The van der Waals surface area contributed by atoms with Crippen LogP contribution in [0.2, 0.25) is 19.6 Å². The van der Waals surface area contributed by atoms with Gasteiger partial charge in [0.15, 0.2) is 5.66 Å². The molecule has 0 saturated heterocycles. The molecular formula is C19H33N3O4Si. The second-order valence-electron chi connectivity index (χ2n) is 8.72. The van der Waals surface area contributed by atoms with Gasteiger partial charge < -0.3 is 14.8 Å². The summed E-state index contributed by atoms with van der Waals surface area (Å²) in [5, 5.41) is 10.9. The quantitative estimate of drug-likeness (QED) is 0.381. The molecule has 152 valence electrons. The number of esters is 1. The van der Waals surface area contributed by atoms with Gasteiger partial charge in [-0.05, 0) is 40.5 Å². The maximum atomic E-state index is 12.2. The molecule has 1 aliphatic heterocycles.